The summed E-state index contributed by atoms with van der Waals surface area (Å²) >= 11 is 0. The van der Waals surface area contributed by atoms with Gasteiger partial charge in [-0.25, -0.2) is 0 Å². The second-order valence-electron chi connectivity index (χ2n) is 5.53. The van der Waals surface area contributed by atoms with Crippen LogP contribution in [-0.4, -0.2) is 16.8 Å². The van der Waals surface area contributed by atoms with Crippen molar-refractivity contribution in [3.05, 3.63) is 89.7 Å². The Morgan fingerprint density at radius 1 is 1.04 bits per heavy atom. The molecule has 0 aliphatic heterocycles. The molecule has 6 nitrogen and oxygen atoms in total. The molecule has 26 heavy (non-hydrogen) atoms. The largest absolute Gasteiger partial charge is 0.455 e. The van der Waals surface area contributed by atoms with Gasteiger partial charge in [-0.2, -0.15) is 0 Å². The van der Waals surface area contributed by atoms with E-state index in [9.17, 15) is 9.59 Å². The number of benzene rings is 2. The topological polar surface area (TPSA) is 94.3 Å². The molecule has 3 rings (SSSR count). The zero-order chi connectivity index (χ0) is 18.4. The highest BCUT2D eigenvalue weighted by atomic mass is 16.5. The first kappa shape index (κ1) is 17.2. The molecule has 2 aromatic carbocycles. The summed E-state index contributed by atoms with van der Waals surface area (Å²) in [5.41, 5.74) is 6.81. The molecule has 0 fully saturated rings. The van der Waals surface area contributed by atoms with Gasteiger partial charge in [-0.05, 0) is 35.9 Å². The van der Waals surface area contributed by atoms with Crippen LogP contribution in [0.25, 0.3) is 0 Å². The van der Waals surface area contributed by atoms with Gasteiger partial charge in [-0.15, -0.1) is 0 Å². The average molecular weight is 347 g/mol. The SMILES string of the molecule is NC(=O)c1cccc(CNC(=O)c2ccncc2Oc2ccccc2)c1. The molecular formula is C20H17N3O3. The number of rotatable bonds is 6. The van der Waals surface area contributed by atoms with Gasteiger partial charge in [0.1, 0.15) is 5.75 Å². The van der Waals surface area contributed by atoms with E-state index in [1.807, 2.05) is 18.2 Å². The molecule has 0 aliphatic carbocycles. The lowest BCUT2D eigenvalue weighted by atomic mass is 10.1. The van der Waals surface area contributed by atoms with Gasteiger partial charge in [0, 0.05) is 18.3 Å². The zero-order valence-corrected chi connectivity index (χ0v) is 13.9. The van der Waals surface area contributed by atoms with Crippen LogP contribution < -0.4 is 15.8 Å². The maximum Gasteiger partial charge on any atom is 0.255 e. The molecule has 0 unspecified atom stereocenters. The van der Waals surface area contributed by atoms with E-state index in [4.69, 9.17) is 10.5 Å². The molecule has 1 heterocycles. The van der Waals surface area contributed by atoms with Crippen LogP contribution in [0.4, 0.5) is 0 Å². The van der Waals surface area contributed by atoms with E-state index in [0.717, 1.165) is 5.56 Å². The number of aromatic nitrogens is 1. The molecule has 0 radical (unpaired) electrons. The summed E-state index contributed by atoms with van der Waals surface area (Å²) in [5.74, 6) is 0.166. The van der Waals surface area contributed by atoms with Crippen LogP contribution in [-0.2, 0) is 6.54 Å². The molecule has 6 heteroatoms. The summed E-state index contributed by atoms with van der Waals surface area (Å²) in [6.07, 6.45) is 3.02. The van der Waals surface area contributed by atoms with Crippen molar-refractivity contribution in [2.75, 3.05) is 0 Å². The van der Waals surface area contributed by atoms with Gasteiger partial charge in [0.15, 0.2) is 5.75 Å². The third kappa shape index (κ3) is 4.24. The Hall–Kier alpha value is -3.67. The quantitative estimate of drug-likeness (QED) is 0.717. The predicted octanol–water partition coefficient (Wildman–Crippen LogP) is 2.90. The number of primary amides is 1. The predicted molar refractivity (Wildman–Crippen MR) is 96.9 cm³/mol. The van der Waals surface area contributed by atoms with Crippen LogP contribution in [0.1, 0.15) is 26.3 Å². The van der Waals surface area contributed by atoms with Crippen molar-refractivity contribution < 1.29 is 14.3 Å². The lowest BCUT2D eigenvalue weighted by Crippen LogP contribution is -2.23. The molecule has 0 aliphatic rings. The van der Waals surface area contributed by atoms with Gasteiger partial charge in [0.05, 0.1) is 11.8 Å². The van der Waals surface area contributed by atoms with E-state index >= 15 is 0 Å². The van der Waals surface area contributed by atoms with Crippen LogP contribution in [0.15, 0.2) is 73.1 Å². The lowest BCUT2D eigenvalue weighted by molar-refractivity contribution is 0.0947. The number of nitrogens with one attached hydrogen (secondary N) is 1. The van der Waals surface area contributed by atoms with Gasteiger partial charge in [-0.1, -0.05) is 30.3 Å². The van der Waals surface area contributed by atoms with E-state index in [2.05, 4.69) is 10.3 Å². The summed E-state index contributed by atoms with van der Waals surface area (Å²) in [6.45, 7) is 0.257. The number of hydrogen-bond donors (Lipinski definition) is 2. The fourth-order valence-electron chi connectivity index (χ4n) is 2.38. The number of ether oxygens (including phenoxy) is 1. The lowest BCUT2D eigenvalue weighted by Gasteiger charge is -2.11. The molecule has 3 N–H and O–H groups in total. The number of amides is 2. The number of nitrogens with zero attached hydrogens (tertiary/aromatic N) is 1. The normalized spacial score (nSPS) is 10.2. The minimum Gasteiger partial charge on any atom is -0.455 e. The maximum absolute atomic E-state index is 12.5. The molecule has 0 saturated heterocycles. The number of para-hydroxylation sites is 1. The second kappa shape index (κ2) is 7.94. The standard InChI is InChI=1S/C20H17N3O3/c21-19(24)15-6-4-5-14(11-15)12-23-20(25)17-9-10-22-13-18(17)26-16-7-2-1-3-8-16/h1-11,13H,12H2,(H2,21,24)(H,23,25). The van der Waals surface area contributed by atoms with Crippen LogP contribution in [0.2, 0.25) is 0 Å². The first-order valence-corrected chi connectivity index (χ1v) is 7.97. The molecule has 0 bridgehead atoms. The second-order valence-corrected chi connectivity index (χ2v) is 5.53. The van der Waals surface area contributed by atoms with Crippen LogP contribution >= 0.6 is 0 Å². The highest BCUT2D eigenvalue weighted by Crippen LogP contribution is 2.24. The Morgan fingerprint density at radius 3 is 2.62 bits per heavy atom. The van der Waals surface area contributed by atoms with Crippen molar-refractivity contribution >= 4 is 11.8 Å². The fraction of sp³-hybridized carbons (Fsp3) is 0.0500. The molecule has 130 valence electrons. The van der Waals surface area contributed by atoms with Crippen LogP contribution in [0.5, 0.6) is 11.5 Å². The van der Waals surface area contributed by atoms with Gasteiger partial charge >= 0.3 is 0 Å². The molecule has 3 aromatic rings. The van der Waals surface area contributed by atoms with Crippen molar-refractivity contribution in [3.63, 3.8) is 0 Å². The number of carbonyl (C=O) groups is 2. The first-order valence-electron chi connectivity index (χ1n) is 7.97. The van der Waals surface area contributed by atoms with Crippen molar-refractivity contribution in [2.45, 2.75) is 6.54 Å². The van der Waals surface area contributed by atoms with Gasteiger partial charge in [0.25, 0.3) is 5.91 Å². The summed E-state index contributed by atoms with van der Waals surface area (Å²) in [6, 6.07) is 17.6. The number of nitrogens with two attached hydrogens (primary N) is 1. The summed E-state index contributed by atoms with van der Waals surface area (Å²) in [7, 11) is 0. The molecule has 1 aromatic heterocycles. The molecular weight excluding hydrogens is 330 g/mol. The zero-order valence-electron chi connectivity index (χ0n) is 13.9. The Labute approximate surface area is 150 Å². The van der Waals surface area contributed by atoms with Crippen molar-refractivity contribution in [1.29, 1.82) is 0 Å². The average Bonchev–Trinajstić information content (AvgIpc) is 2.67. The minimum absolute atomic E-state index is 0.257. The van der Waals surface area contributed by atoms with Crippen molar-refractivity contribution in [3.8, 4) is 11.5 Å². The van der Waals surface area contributed by atoms with E-state index in [1.165, 1.54) is 12.4 Å². The molecule has 0 saturated carbocycles. The molecule has 0 spiro atoms. The van der Waals surface area contributed by atoms with Gasteiger partial charge in [0.2, 0.25) is 5.91 Å². The van der Waals surface area contributed by atoms with E-state index in [-0.39, 0.29) is 12.5 Å². The van der Waals surface area contributed by atoms with Gasteiger partial charge < -0.3 is 15.8 Å². The van der Waals surface area contributed by atoms with Crippen molar-refractivity contribution in [1.82, 2.24) is 10.3 Å². The number of hydrogen-bond acceptors (Lipinski definition) is 4. The summed E-state index contributed by atoms with van der Waals surface area (Å²) in [4.78, 5) is 27.8. The number of pyridine rings is 1. The Balaban J connectivity index is 1.72. The van der Waals surface area contributed by atoms with Gasteiger partial charge in [-0.3, -0.25) is 14.6 Å². The minimum atomic E-state index is -0.508. The Bertz CT molecular complexity index is 926. The first-order chi connectivity index (χ1) is 12.6. The third-order valence-electron chi connectivity index (χ3n) is 3.66. The Kier molecular flexibility index (Phi) is 5.24. The highest BCUT2D eigenvalue weighted by molar-refractivity contribution is 5.97. The van der Waals surface area contributed by atoms with Crippen LogP contribution in [0, 0.1) is 0 Å². The van der Waals surface area contributed by atoms with E-state index in [0.29, 0.717) is 22.6 Å². The maximum atomic E-state index is 12.5. The summed E-state index contributed by atoms with van der Waals surface area (Å²) in [5, 5.41) is 2.81. The monoisotopic (exact) mass is 347 g/mol. The van der Waals surface area contributed by atoms with Crippen LogP contribution in [0.3, 0.4) is 0 Å². The van der Waals surface area contributed by atoms with Crippen molar-refractivity contribution in [2.24, 2.45) is 5.73 Å². The van der Waals surface area contributed by atoms with E-state index < -0.39 is 5.91 Å². The fourth-order valence-corrected chi connectivity index (χ4v) is 2.38. The Morgan fingerprint density at radius 2 is 1.85 bits per heavy atom. The summed E-state index contributed by atoms with van der Waals surface area (Å²) < 4.78 is 5.75. The van der Waals surface area contributed by atoms with E-state index in [1.54, 1.807) is 42.5 Å². The third-order valence-corrected chi connectivity index (χ3v) is 3.66. The number of carbonyl (C=O) groups excluding carboxylic acids is 2. The smallest absolute Gasteiger partial charge is 0.255 e. The molecule has 0 atom stereocenters. The molecule has 2 amide bonds. The highest BCUT2D eigenvalue weighted by Gasteiger charge is 2.13.